The van der Waals surface area contributed by atoms with Crippen LogP contribution in [0.15, 0.2) is 37.1 Å². The third-order valence-electron chi connectivity index (χ3n) is 5.77. The van der Waals surface area contributed by atoms with Gasteiger partial charge in [-0.2, -0.15) is 0 Å². The molecule has 10 nitrogen and oxygen atoms in total. The van der Waals surface area contributed by atoms with E-state index in [0.717, 1.165) is 36.0 Å². The maximum Gasteiger partial charge on any atom is 0.411 e. The van der Waals surface area contributed by atoms with Gasteiger partial charge in [-0.1, -0.05) is 0 Å². The number of nitrogens with one attached hydrogen (secondary N) is 1. The van der Waals surface area contributed by atoms with Crippen molar-refractivity contribution >= 4 is 23.0 Å². The minimum Gasteiger partial charge on any atom is -0.480 e. The lowest BCUT2D eigenvalue weighted by Gasteiger charge is -2.39. The molecule has 176 valence electrons. The predicted molar refractivity (Wildman–Crippen MR) is 122 cm³/mol. The van der Waals surface area contributed by atoms with Crippen LogP contribution in [0.2, 0.25) is 0 Å². The number of carbonyl (C=O) groups excluding carboxylic acids is 1. The zero-order valence-corrected chi connectivity index (χ0v) is 19.2. The normalized spacial score (nSPS) is 17.4. The van der Waals surface area contributed by atoms with Gasteiger partial charge in [0.1, 0.15) is 24.3 Å². The van der Waals surface area contributed by atoms with Crippen molar-refractivity contribution in [2.45, 2.75) is 45.3 Å². The first-order valence-electron chi connectivity index (χ1n) is 11.1. The topological polar surface area (TPSA) is 117 Å². The minimum atomic E-state index is -1.01. The summed E-state index contributed by atoms with van der Waals surface area (Å²) < 4.78 is 7.26. The van der Waals surface area contributed by atoms with Gasteiger partial charge in [-0.05, 0) is 63.9 Å². The van der Waals surface area contributed by atoms with Crippen LogP contribution >= 0.6 is 0 Å². The lowest BCUT2D eigenvalue weighted by molar-refractivity contribution is -0.145. The summed E-state index contributed by atoms with van der Waals surface area (Å²) in [6.45, 7) is 7.32. The molecule has 1 aliphatic rings. The SMILES string of the molecule is CC(C)(C)OC(=O)N1CCN(CCCc2c[nH]c3ccc(-n4cnnc4)cc23)CC1C(=O)O. The summed E-state index contributed by atoms with van der Waals surface area (Å²) in [4.78, 5) is 31.0. The van der Waals surface area contributed by atoms with E-state index >= 15 is 0 Å². The molecule has 33 heavy (non-hydrogen) atoms. The van der Waals surface area contributed by atoms with Crippen molar-refractivity contribution in [3.8, 4) is 5.69 Å². The molecule has 1 fully saturated rings. The fourth-order valence-corrected chi connectivity index (χ4v) is 4.15. The summed E-state index contributed by atoms with van der Waals surface area (Å²) >= 11 is 0. The Hall–Kier alpha value is -3.40. The number of rotatable bonds is 6. The van der Waals surface area contributed by atoms with Crippen molar-refractivity contribution in [1.82, 2.24) is 29.5 Å². The van der Waals surface area contributed by atoms with Crippen LogP contribution in [0.5, 0.6) is 0 Å². The lowest BCUT2D eigenvalue weighted by atomic mass is 10.1. The van der Waals surface area contributed by atoms with Gasteiger partial charge in [-0.3, -0.25) is 14.4 Å². The van der Waals surface area contributed by atoms with E-state index in [0.29, 0.717) is 19.6 Å². The predicted octanol–water partition coefficient (Wildman–Crippen LogP) is 2.69. The molecule has 2 aromatic heterocycles. The first kappa shape index (κ1) is 22.8. The average molecular weight is 455 g/mol. The first-order chi connectivity index (χ1) is 15.7. The Balaban J connectivity index is 1.36. The Morgan fingerprint density at radius 1 is 1.21 bits per heavy atom. The smallest absolute Gasteiger partial charge is 0.411 e. The number of nitrogens with zero attached hydrogens (tertiary/aromatic N) is 5. The third-order valence-corrected chi connectivity index (χ3v) is 5.77. The van der Waals surface area contributed by atoms with Crippen molar-refractivity contribution < 1.29 is 19.4 Å². The number of benzene rings is 1. The van der Waals surface area contributed by atoms with Gasteiger partial charge in [0, 0.05) is 42.4 Å². The van der Waals surface area contributed by atoms with E-state index in [-0.39, 0.29) is 0 Å². The molecule has 4 rings (SSSR count). The van der Waals surface area contributed by atoms with Crippen LogP contribution in [0.25, 0.3) is 16.6 Å². The molecule has 0 spiro atoms. The quantitative estimate of drug-likeness (QED) is 0.588. The fraction of sp³-hybridized carbons (Fsp3) is 0.478. The summed E-state index contributed by atoms with van der Waals surface area (Å²) in [5.41, 5.74) is 2.61. The minimum absolute atomic E-state index is 0.292. The number of ether oxygens (including phenoxy) is 1. The molecule has 3 aromatic rings. The molecule has 0 bridgehead atoms. The number of carboxylic acid groups (broad SMARTS) is 1. The largest absolute Gasteiger partial charge is 0.480 e. The second-order valence-electron chi connectivity index (χ2n) is 9.34. The number of fused-ring (bicyclic) bond motifs is 1. The van der Waals surface area contributed by atoms with Gasteiger partial charge < -0.3 is 14.8 Å². The Labute approximate surface area is 192 Å². The van der Waals surface area contributed by atoms with E-state index in [2.05, 4.69) is 26.1 Å². The number of amides is 1. The molecular weight excluding hydrogens is 424 g/mol. The number of hydrogen-bond acceptors (Lipinski definition) is 6. The zero-order valence-electron chi connectivity index (χ0n) is 19.2. The van der Waals surface area contributed by atoms with E-state index < -0.39 is 23.7 Å². The highest BCUT2D eigenvalue weighted by Gasteiger charge is 2.37. The number of carbonyl (C=O) groups is 2. The molecule has 1 aromatic carbocycles. The highest BCUT2D eigenvalue weighted by Crippen LogP contribution is 2.23. The van der Waals surface area contributed by atoms with E-state index in [1.165, 1.54) is 10.5 Å². The molecular formula is C23H30N6O4. The monoisotopic (exact) mass is 454 g/mol. The van der Waals surface area contributed by atoms with Gasteiger partial charge in [0.05, 0.1) is 0 Å². The number of aromatic amines is 1. The van der Waals surface area contributed by atoms with E-state index in [1.54, 1.807) is 33.4 Å². The van der Waals surface area contributed by atoms with Crippen LogP contribution in [0.4, 0.5) is 4.79 Å². The van der Waals surface area contributed by atoms with Crippen LogP contribution in [0, 0.1) is 0 Å². The van der Waals surface area contributed by atoms with E-state index in [4.69, 9.17) is 4.74 Å². The van der Waals surface area contributed by atoms with E-state index in [1.807, 2.05) is 22.9 Å². The highest BCUT2D eigenvalue weighted by atomic mass is 16.6. The van der Waals surface area contributed by atoms with Gasteiger partial charge in [-0.15, -0.1) is 10.2 Å². The number of carboxylic acids is 1. The van der Waals surface area contributed by atoms with Crippen molar-refractivity contribution in [2.24, 2.45) is 0 Å². The molecule has 1 aliphatic heterocycles. The van der Waals surface area contributed by atoms with Crippen LogP contribution in [-0.2, 0) is 16.0 Å². The molecule has 1 unspecified atom stereocenters. The molecule has 1 atom stereocenters. The van der Waals surface area contributed by atoms with Gasteiger partial charge in [-0.25, -0.2) is 9.59 Å². The van der Waals surface area contributed by atoms with Crippen molar-refractivity contribution in [1.29, 1.82) is 0 Å². The molecule has 1 saturated heterocycles. The summed E-state index contributed by atoms with van der Waals surface area (Å²) in [6, 6.07) is 5.27. The second-order valence-corrected chi connectivity index (χ2v) is 9.34. The molecule has 3 heterocycles. The number of hydrogen-bond donors (Lipinski definition) is 2. The summed E-state index contributed by atoms with van der Waals surface area (Å²) in [5, 5.41) is 18.6. The standard InChI is InChI=1S/C23H30N6O4/c1-23(2,3)33-22(32)29-10-9-27(13-20(29)21(30)31)8-4-5-16-12-24-19-7-6-17(11-18(16)19)28-14-25-26-15-28/h6-7,11-12,14-15,20,24H,4-5,8-10,13H2,1-3H3,(H,30,31). The van der Waals surface area contributed by atoms with Gasteiger partial charge in [0.25, 0.3) is 0 Å². The average Bonchev–Trinajstić information content (AvgIpc) is 3.42. The van der Waals surface area contributed by atoms with Crippen molar-refractivity contribution in [2.75, 3.05) is 26.2 Å². The zero-order chi connectivity index (χ0) is 23.6. The van der Waals surface area contributed by atoms with Crippen LogP contribution in [0.3, 0.4) is 0 Å². The lowest BCUT2D eigenvalue weighted by Crippen LogP contribution is -2.59. The summed E-state index contributed by atoms with van der Waals surface area (Å²) in [6.07, 6.45) is 6.53. The molecule has 2 N–H and O–H groups in total. The summed E-state index contributed by atoms with van der Waals surface area (Å²) in [7, 11) is 0. The molecule has 0 radical (unpaired) electrons. The number of aliphatic carboxylic acids is 1. The number of piperazine rings is 1. The fourth-order valence-electron chi connectivity index (χ4n) is 4.15. The number of H-pyrrole nitrogens is 1. The number of aryl methyl sites for hydroxylation is 1. The summed E-state index contributed by atoms with van der Waals surface area (Å²) in [5.74, 6) is -1.01. The highest BCUT2D eigenvalue weighted by molar-refractivity contribution is 5.85. The van der Waals surface area contributed by atoms with Crippen LogP contribution < -0.4 is 0 Å². The Bertz CT molecular complexity index is 1120. The molecule has 0 aliphatic carbocycles. The van der Waals surface area contributed by atoms with Crippen molar-refractivity contribution in [3.63, 3.8) is 0 Å². The molecule has 0 saturated carbocycles. The Morgan fingerprint density at radius 3 is 2.67 bits per heavy atom. The maximum atomic E-state index is 12.5. The number of aromatic nitrogens is 4. The first-order valence-corrected chi connectivity index (χ1v) is 11.1. The molecule has 10 heteroatoms. The third kappa shape index (κ3) is 5.33. The van der Waals surface area contributed by atoms with Gasteiger partial charge in [0.15, 0.2) is 0 Å². The maximum absolute atomic E-state index is 12.5. The van der Waals surface area contributed by atoms with Crippen LogP contribution in [-0.4, -0.2) is 84.5 Å². The van der Waals surface area contributed by atoms with Crippen molar-refractivity contribution in [3.05, 3.63) is 42.6 Å². The van der Waals surface area contributed by atoms with Gasteiger partial charge >= 0.3 is 12.1 Å². The van der Waals surface area contributed by atoms with E-state index in [9.17, 15) is 14.7 Å². The Morgan fingerprint density at radius 2 is 1.97 bits per heavy atom. The Kier molecular flexibility index (Phi) is 6.37. The van der Waals surface area contributed by atoms with Gasteiger partial charge in [0.2, 0.25) is 0 Å². The van der Waals surface area contributed by atoms with Crippen LogP contribution in [0.1, 0.15) is 32.8 Å². The second kappa shape index (κ2) is 9.22. The molecule has 1 amide bonds.